The first kappa shape index (κ1) is 16.6. The predicted molar refractivity (Wildman–Crippen MR) is 65.9 cm³/mol. The second-order valence-electron chi connectivity index (χ2n) is 4.15. The van der Waals surface area contributed by atoms with E-state index in [1.54, 1.807) is 0 Å². The Bertz CT molecular complexity index is 269. The topological polar surface area (TPSA) is 69.7 Å². The van der Waals surface area contributed by atoms with Crippen molar-refractivity contribution in [2.75, 3.05) is 14.2 Å². The van der Waals surface area contributed by atoms with Crippen LogP contribution in [-0.2, 0) is 23.9 Å². The number of rotatable bonds is 9. The number of unbranched alkanes of at least 4 members (excludes halogenated alkanes) is 3. The number of carbonyl (C=O) groups excluding carboxylic acids is 3. The molecule has 0 aromatic rings. The van der Waals surface area contributed by atoms with Gasteiger partial charge in [-0.25, -0.2) is 0 Å². The highest BCUT2D eigenvalue weighted by molar-refractivity contribution is 5.99. The first-order chi connectivity index (χ1) is 8.56. The molecule has 0 saturated heterocycles. The van der Waals surface area contributed by atoms with E-state index in [0.717, 1.165) is 25.7 Å². The zero-order valence-electron chi connectivity index (χ0n) is 11.4. The Kier molecular flexibility index (Phi) is 8.88. The summed E-state index contributed by atoms with van der Waals surface area (Å²) in [6, 6.07) is 0. The van der Waals surface area contributed by atoms with Crippen molar-refractivity contribution in [2.24, 2.45) is 5.92 Å². The smallest absolute Gasteiger partial charge is 0.320 e. The normalized spacial score (nSPS) is 10.2. The number of ether oxygens (including phenoxy) is 2. The fourth-order valence-electron chi connectivity index (χ4n) is 1.63. The molecule has 5 heteroatoms. The van der Waals surface area contributed by atoms with E-state index in [9.17, 15) is 14.4 Å². The summed E-state index contributed by atoms with van der Waals surface area (Å²) in [5.41, 5.74) is 0. The summed E-state index contributed by atoms with van der Waals surface area (Å²) in [6.07, 6.45) is 4.23. The first-order valence-corrected chi connectivity index (χ1v) is 6.24. The van der Waals surface area contributed by atoms with Crippen molar-refractivity contribution in [2.45, 2.75) is 45.4 Å². The lowest BCUT2D eigenvalue weighted by atomic mass is 9.99. The molecule has 0 spiro atoms. The number of Topliss-reactive ketones (excluding diaryl/α,β-unsaturated/α-hetero) is 1. The van der Waals surface area contributed by atoms with Crippen LogP contribution >= 0.6 is 0 Å². The van der Waals surface area contributed by atoms with Gasteiger partial charge in [-0.1, -0.05) is 26.2 Å². The molecule has 0 saturated carbocycles. The number of methoxy groups -OCH3 is 2. The van der Waals surface area contributed by atoms with Gasteiger partial charge in [-0.05, 0) is 6.42 Å². The van der Waals surface area contributed by atoms with Crippen LogP contribution in [0.25, 0.3) is 0 Å². The second-order valence-corrected chi connectivity index (χ2v) is 4.15. The summed E-state index contributed by atoms with van der Waals surface area (Å²) in [4.78, 5) is 34.3. The van der Waals surface area contributed by atoms with Crippen molar-refractivity contribution in [3.8, 4) is 0 Å². The molecule has 0 aliphatic heterocycles. The predicted octanol–water partition coefficient (Wildman–Crippen LogP) is 1.88. The molecule has 5 nitrogen and oxygen atoms in total. The molecule has 0 amide bonds. The Morgan fingerprint density at radius 2 is 1.50 bits per heavy atom. The minimum Gasteiger partial charge on any atom is -0.468 e. The molecule has 0 fully saturated rings. The number of hydrogen-bond acceptors (Lipinski definition) is 5. The van der Waals surface area contributed by atoms with Gasteiger partial charge < -0.3 is 9.47 Å². The van der Waals surface area contributed by atoms with Gasteiger partial charge in [0.1, 0.15) is 5.78 Å². The van der Waals surface area contributed by atoms with Gasteiger partial charge in [-0.3, -0.25) is 14.4 Å². The Morgan fingerprint density at radius 3 is 1.94 bits per heavy atom. The standard InChI is InChI=1S/C13H22O5/c1-4-5-6-7-8-10(14)9-11(12(15)17-2)13(16)18-3/h11H,4-9H2,1-3H3. The van der Waals surface area contributed by atoms with Gasteiger partial charge >= 0.3 is 11.9 Å². The van der Waals surface area contributed by atoms with Gasteiger partial charge in [-0.2, -0.15) is 0 Å². The third-order valence-corrected chi connectivity index (χ3v) is 2.71. The quantitative estimate of drug-likeness (QED) is 0.359. The molecule has 0 heterocycles. The van der Waals surface area contributed by atoms with Gasteiger partial charge in [-0.15, -0.1) is 0 Å². The van der Waals surface area contributed by atoms with Gasteiger partial charge in [0.05, 0.1) is 14.2 Å². The third kappa shape index (κ3) is 6.37. The van der Waals surface area contributed by atoms with Crippen molar-refractivity contribution in [1.82, 2.24) is 0 Å². The highest BCUT2D eigenvalue weighted by atomic mass is 16.5. The molecule has 0 atom stereocenters. The Balaban J connectivity index is 4.19. The summed E-state index contributed by atoms with van der Waals surface area (Å²) in [5.74, 6) is -2.67. The van der Waals surface area contributed by atoms with Crippen LogP contribution in [0, 0.1) is 5.92 Å². The molecule has 104 valence electrons. The molecule has 0 aromatic carbocycles. The molecule has 0 bridgehead atoms. The minimum atomic E-state index is -1.13. The van der Waals surface area contributed by atoms with Crippen LogP contribution in [0.4, 0.5) is 0 Å². The summed E-state index contributed by atoms with van der Waals surface area (Å²) in [6.45, 7) is 2.09. The van der Waals surface area contributed by atoms with Crippen LogP contribution in [0.5, 0.6) is 0 Å². The van der Waals surface area contributed by atoms with E-state index in [2.05, 4.69) is 16.4 Å². The summed E-state index contributed by atoms with van der Waals surface area (Å²) in [5, 5.41) is 0. The van der Waals surface area contributed by atoms with Crippen LogP contribution < -0.4 is 0 Å². The van der Waals surface area contributed by atoms with E-state index in [0.29, 0.717) is 6.42 Å². The SMILES string of the molecule is CCCCCCC(=O)CC(C(=O)OC)C(=O)OC. The van der Waals surface area contributed by atoms with E-state index in [1.807, 2.05) is 0 Å². The van der Waals surface area contributed by atoms with Crippen LogP contribution in [0.1, 0.15) is 45.4 Å². The van der Waals surface area contributed by atoms with Gasteiger partial charge in [0.15, 0.2) is 5.92 Å². The molecule has 0 aliphatic carbocycles. The van der Waals surface area contributed by atoms with E-state index in [-0.39, 0.29) is 12.2 Å². The lowest BCUT2D eigenvalue weighted by Crippen LogP contribution is -2.28. The summed E-state index contributed by atoms with van der Waals surface area (Å²) < 4.78 is 8.97. The molecule has 0 N–H and O–H groups in total. The molecule has 0 aliphatic rings. The third-order valence-electron chi connectivity index (χ3n) is 2.71. The molecule has 0 radical (unpaired) electrons. The maximum atomic E-state index is 11.6. The molecule has 0 rings (SSSR count). The van der Waals surface area contributed by atoms with Crippen molar-refractivity contribution >= 4 is 17.7 Å². The summed E-state index contributed by atoms with van der Waals surface area (Å²) >= 11 is 0. The average Bonchev–Trinajstić information content (AvgIpc) is 2.39. The van der Waals surface area contributed by atoms with Crippen LogP contribution in [0.15, 0.2) is 0 Å². The number of esters is 2. The molecular weight excluding hydrogens is 236 g/mol. The lowest BCUT2D eigenvalue weighted by Gasteiger charge is -2.11. The highest BCUT2D eigenvalue weighted by Crippen LogP contribution is 2.12. The fraction of sp³-hybridized carbons (Fsp3) is 0.769. The van der Waals surface area contributed by atoms with E-state index >= 15 is 0 Å². The fourth-order valence-corrected chi connectivity index (χ4v) is 1.63. The maximum absolute atomic E-state index is 11.6. The first-order valence-electron chi connectivity index (χ1n) is 6.24. The zero-order chi connectivity index (χ0) is 14.0. The number of hydrogen-bond donors (Lipinski definition) is 0. The monoisotopic (exact) mass is 258 g/mol. The van der Waals surface area contributed by atoms with Crippen LogP contribution in [0.3, 0.4) is 0 Å². The molecule has 0 unspecified atom stereocenters. The van der Waals surface area contributed by atoms with Gasteiger partial charge in [0.2, 0.25) is 0 Å². The molecule has 18 heavy (non-hydrogen) atoms. The van der Waals surface area contributed by atoms with Crippen molar-refractivity contribution < 1.29 is 23.9 Å². The Hall–Kier alpha value is -1.39. The average molecular weight is 258 g/mol. The number of carbonyl (C=O) groups is 3. The lowest BCUT2D eigenvalue weighted by molar-refractivity contribution is -0.160. The van der Waals surface area contributed by atoms with E-state index in [4.69, 9.17) is 0 Å². The van der Waals surface area contributed by atoms with Crippen LogP contribution in [-0.4, -0.2) is 31.9 Å². The van der Waals surface area contributed by atoms with E-state index in [1.165, 1.54) is 14.2 Å². The van der Waals surface area contributed by atoms with E-state index < -0.39 is 17.9 Å². The van der Waals surface area contributed by atoms with Gasteiger partial charge in [0, 0.05) is 12.8 Å². The van der Waals surface area contributed by atoms with Gasteiger partial charge in [0.25, 0.3) is 0 Å². The molecular formula is C13H22O5. The highest BCUT2D eigenvalue weighted by Gasteiger charge is 2.30. The molecule has 0 aromatic heterocycles. The second kappa shape index (κ2) is 9.62. The number of ketones is 1. The zero-order valence-corrected chi connectivity index (χ0v) is 11.4. The van der Waals surface area contributed by atoms with Crippen molar-refractivity contribution in [1.29, 1.82) is 0 Å². The Labute approximate surface area is 108 Å². The Morgan fingerprint density at radius 1 is 0.944 bits per heavy atom. The van der Waals surface area contributed by atoms with Crippen molar-refractivity contribution in [3.63, 3.8) is 0 Å². The van der Waals surface area contributed by atoms with Crippen molar-refractivity contribution in [3.05, 3.63) is 0 Å². The summed E-state index contributed by atoms with van der Waals surface area (Å²) in [7, 11) is 2.37. The minimum absolute atomic E-state index is 0.105. The maximum Gasteiger partial charge on any atom is 0.320 e. The largest absolute Gasteiger partial charge is 0.468 e. The van der Waals surface area contributed by atoms with Crippen LogP contribution in [0.2, 0.25) is 0 Å².